The van der Waals surface area contributed by atoms with Crippen LogP contribution in [0.25, 0.3) is 0 Å². The second-order valence-corrected chi connectivity index (χ2v) is 4.36. The molecule has 2 unspecified atom stereocenters. The molecule has 15 heavy (non-hydrogen) atoms. The summed E-state index contributed by atoms with van der Waals surface area (Å²) in [5.74, 6) is -0.145. The zero-order valence-electron chi connectivity index (χ0n) is 8.63. The third-order valence-electron chi connectivity index (χ3n) is 2.13. The molecular formula is C11H13BrFNO. The predicted molar refractivity (Wildman–Crippen MR) is 61.6 cm³/mol. The van der Waals surface area contributed by atoms with E-state index in [1.807, 2.05) is 0 Å². The molecule has 0 saturated carbocycles. The van der Waals surface area contributed by atoms with Gasteiger partial charge < -0.3 is 5.73 Å². The summed E-state index contributed by atoms with van der Waals surface area (Å²) in [6.45, 7) is 3.08. The lowest BCUT2D eigenvalue weighted by Crippen LogP contribution is -2.26. The van der Waals surface area contributed by atoms with Crippen molar-refractivity contribution in [3.05, 3.63) is 33.8 Å². The summed E-state index contributed by atoms with van der Waals surface area (Å²) in [6, 6.07) is 4.27. The standard InChI is InChI=1S/C11H13BrFNO/c1-6(13)9-4-3-8(5-10(9)12)11(15)7(2)14/h3-7H,14H2,1-2H3. The van der Waals surface area contributed by atoms with E-state index < -0.39 is 12.2 Å². The number of nitrogens with two attached hydrogens (primary N) is 1. The minimum absolute atomic E-state index is 0.145. The van der Waals surface area contributed by atoms with Crippen molar-refractivity contribution in [3.63, 3.8) is 0 Å². The number of hydrogen-bond acceptors (Lipinski definition) is 2. The molecule has 0 heterocycles. The molecule has 82 valence electrons. The molecule has 0 aliphatic heterocycles. The van der Waals surface area contributed by atoms with Gasteiger partial charge in [0.15, 0.2) is 5.78 Å². The predicted octanol–water partition coefficient (Wildman–Crippen LogP) is 3.01. The summed E-state index contributed by atoms with van der Waals surface area (Å²) in [7, 11) is 0. The molecule has 0 bridgehead atoms. The molecule has 0 radical (unpaired) electrons. The Morgan fingerprint density at radius 2 is 2.07 bits per heavy atom. The molecule has 0 aliphatic carbocycles. The second kappa shape index (κ2) is 4.86. The highest BCUT2D eigenvalue weighted by Crippen LogP contribution is 2.27. The van der Waals surface area contributed by atoms with Crippen molar-refractivity contribution >= 4 is 21.7 Å². The van der Waals surface area contributed by atoms with E-state index in [0.29, 0.717) is 15.6 Å². The van der Waals surface area contributed by atoms with Gasteiger partial charge in [0.05, 0.1) is 6.04 Å². The van der Waals surface area contributed by atoms with Crippen molar-refractivity contribution in [3.8, 4) is 0 Å². The number of halogens is 2. The summed E-state index contributed by atoms with van der Waals surface area (Å²) in [4.78, 5) is 11.5. The Hall–Kier alpha value is -0.740. The fraction of sp³-hybridized carbons (Fsp3) is 0.364. The number of ketones is 1. The monoisotopic (exact) mass is 273 g/mol. The van der Waals surface area contributed by atoms with Crippen molar-refractivity contribution < 1.29 is 9.18 Å². The molecule has 2 nitrogen and oxygen atoms in total. The molecule has 0 saturated heterocycles. The average Bonchev–Trinajstić information content (AvgIpc) is 2.15. The van der Waals surface area contributed by atoms with Crippen molar-refractivity contribution in [2.45, 2.75) is 26.1 Å². The minimum Gasteiger partial charge on any atom is -0.321 e. The maximum atomic E-state index is 13.0. The molecular weight excluding hydrogens is 261 g/mol. The molecule has 0 spiro atoms. The maximum absolute atomic E-state index is 13.0. The maximum Gasteiger partial charge on any atom is 0.179 e. The van der Waals surface area contributed by atoms with Gasteiger partial charge in [-0.2, -0.15) is 0 Å². The topological polar surface area (TPSA) is 43.1 Å². The number of alkyl halides is 1. The molecule has 1 aromatic rings. The number of Topliss-reactive ketones (excluding diaryl/α,β-unsaturated/α-hetero) is 1. The Bertz CT molecular complexity index is 377. The van der Waals surface area contributed by atoms with E-state index >= 15 is 0 Å². The van der Waals surface area contributed by atoms with E-state index in [9.17, 15) is 9.18 Å². The average molecular weight is 274 g/mol. The number of hydrogen-bond donors (Lipinski definition) is 1. The lowest BCUT2D eigenvalue weighted by Gasteiger charge is -2.09. The lowest BCUT2D eigenvalue weighted by atomic mass is 10.0. The SMILES string of the molecule is CC(N)C(=O)c1ccc(C(C)F)c(Br)c1. The first-order valence-electron chi connectivity index (χ1n) is 4.66. The number of benzene rings is 1. The molecule has 0 fully saturated rings. The van der Waals surface area contributed by atoms with Gasteiger partial charge in [0.2, 0.25) is 0 Å². The van der Waals surface area contributed by atoms with Crippen molar-refractivity contribution in [2.75, 3.05) is 0 Å². The van der Waals surface area contributed by atoms with E-state index in [1.165, 1.54) is 6.92 Å². The molecule has 0 amide bonds. The van der Waals surface area contributed by atoms with Crippen LogP contribution in [0.4, 0.5) is 4.39 Å². The van der Waals surface area contributed by atoms with Gasteiger partial charge in [0.1, 0.15) is 6.17 Å². The number of carbonyl (C=O) groups excluding carboxylic acids is 1. The molecule has 2 N–H and O–H groups in total. The van der Waals surface area contributed by atoms with Crippen molar-refractivity contribution in [2.24, 2.45) is 5.73 Å². The van der Waals surface area contributed by atoms with Crippen LogP contribution in [0.5, 0.6) is 0 Å². The normalized spacial score (nSPS) is 14.7. The highest BCUT2D eigenvalue weighted by atomic mass is 79.9. The summed E-state index contributed by atoms with van der Waals surface area (Å²) in [6.07, 6.45) is -1.06. The zero-order chi connectivity index (χ0) is 11.6. The van der Waals surface area contributed by atoms with Gasteiger partial charge in [0.25, 0.3) is 0 Å². The first-order chi connectivity index (χ1) is 6.93. The fourth-order valence-electron chi connectivity index (χ4n) is 1.27. The number of rotatable bonds is 3. The Kier molecular flexibility index (Phi) is 3.99. The highest BCUT2D eigenvalue weighted by Gasteiger charge is 2.14. The van der Waals surface area contributed by atoms with Gasteiger partial charge >= 0.3 is 0 Å². The Labute approximate surface area is 96.8 Å². The summed E-state index contributed by atoms with van der Waals surface area (Å²) >= 11 is 3.23. The van der Waals surface area contributed by atoms with Gasteiger partial charge in [-0.25, -0.2) is 4.39 Å². The van der Waals surface area contributed by atoms with E-state index in [2.05, 4.69) is 15.9 Å². The quantitative estimate of drug-likeness (QED) is 0.861. The van der Waals surface area contributed by atoms with Gasteiger partial charge in [-0.1, -0.05) is 28.1 Å². The van der Waals surface area contributed by atoms with E-state index in [-0.39, 0.29) is 5.78 Å². The third-order valence-corrected chi connectivity index (χ3v) is 2.81. The summed E-state index contributed by atoms with van der Waals surface area (Å²) in [5, 5.41) is 0. The fourth-order valence-corrected chi connectivity index (χ4v) is 1.96. The Balaban J connectivity index is 3.07. The lowest BCUT2D eigenvalue weighted by molar-refractivity contribution is 0.0968. The summed E-state index contributed by atoms with van der Waals surface area (Å²) in [5.41, 5.74) is 6.52. The van der Waals surface area contributed by atoms with Crippen molar-refractivity contribution in [1.82, 2.24) is 0 Å². The summed E-state index contributed by atoms with van der Waals surface area (Å²) < 4.78 is 13.6. The minimum atomic E-state index is -1.06. The first-order valence-corrected chi connectivity index (χ1v) is 5.46. The van der Waals surface area contributed by atoms with Crippen LogP contribution in [0.15, 0.2) is 22.7 Å². The van der Waals surface area contributed by atoms with Gasteiger partial charge in [0, 0.05) is 10.0 Å². The van der Waals surface area contributed by atoms with Crippen LogP contribution >= 0.6 is 15.9 Å². The zero-order valence-corrected chi connectivity index (χ0v) is 10.2. The van der Waals surface area contributed by atoms with Crippen molar-refractivity contribution in [1.29, 1.82) is 0 Å². The molecule has 1 rings (SSSR count). The van der Waals surface area contributed by atoms with E-state index in [0.717, 1.165) is 0 Å². The third kappa shape index (κ3) is 2.86. The Morgan fingerprint density at radius 3 is 2.47 bits per heavy atom. The van der Waals surface area contributed by atoms with Gasteiger partial charge in [-0.15, -0.1) is 0 Å². The Morgan fingerprint density at radius 1 is 1.47 bits per heavy atom. The van der Waals surface area contributed by atoms with Crippen LogP contribution in [0.1, 0.15) is 35.9 Å². The van der Waals surface area contributed by atoms with Crippen LogP contribution in [-0.4, -0.2) is 11.8 Å². The number of carbonyl (C=O) groups is 1. The van der Waals surface area contributed by atoms with Crippen LogP contribution in [-0.2, 0) is 0 Å². The van der Waals surface area contributed by atoms with Gasteiger partial charge in [-0.05, 0) is 25.5 Å². The largest absolute Gasteiger partial charge is 0.321 e. The van der Waals surface area contributed by atoms with Crippen LogP contribution in [0.3, 0.4) is 0 Å². The highest BCUT2D eigenvalue weighted by molar-refractivity contribution is 9.10. The van der Waals surface area contributed by atoms with Gasteiger partial charge in [-0.3, -0.25) is 4.79 Å². The van der Waals surface area contributed by atoms with Crippen LogP contribution in [0, 0.1) is 0 Å². The van der Waals surface area contributed by atoms with Crippen LogP contribution in [0.2, 0.25) is 0 Å². The van der Waals surface area contributed by atoms with E-state index in [1.54, 1.807) is 25.1 Å². The molecule has 2 atom stereocenters. The smallest absolute Gasteiger partial charge is 0.179 e. The molecule has 0 aromatic heterocycles. The first kappa shape index (κ1) is 12.3. The van der Waals surface area contributed by atoms with Crippen LogP contribution < -0.4 is 5.73 Å². The molecule has 4 heteroatoms. The molecule has 0 aliphatic rings. The van der Waals surface area contributed by atoms with E-state index in [4.69, 9.17) is 5.73 Å². The molecule has 1 aromatic carbocycles. The second-order valence-electron chi connectivity index (χ2n) is 3.51.